The highest BCUT2D eigenvalue weighted by atomic mass is 35.5. The zero-order valence-corrected chi connectivity index (χ0v) is 10.8. The molecule has 0 atom stereocenters. The summed E-state index contributed by atoms with van der Waals surface area (Å²) >= 11 is 5.90. The average molecular weight is 257 g/mol. The van der Waals surface area contributed by atoms with Crippen molar-refractivity contribution in [2.24, 2.45) is 0 Å². The quantitative estimate of drug-likeness (QED) is 0.693. The maximum atomic E-state index is 5.90. The minimum atomic E-state index is 0.757. The van der Waals surface area contributed by atoms with Gasteiger partial charge in [-0.15, -0.1) is 0 Å². The van der Waals surface area contributed by atoms with Crippen LogP contribution in [0.3, 0.4) is 0 Å². The third-order valence-electron chi connectivity index (χ3n) is 3.06. The van der Waals surface area contributed by atoms with Gasteiger partial charge in [-0.2, -0.15) is 0 Å². The van der Waals surface area contributed by atoms with E-state index in [1.54, 1.807) is 0 Å². The van der Waals surface area contributed by atoms with Crippen LogP contribution in [0, 0.1) is 0 Å². The number of hydrogen-bond donors (Lipinski definition) is 2. The molecule has 0 amide bonds. The van der Waals surface area contributed by atoms with Gasteiger partial charge in [0.15, 0.2) is 0 Å². The van der Waals surface area contributed by atoms with E-state index in [0.717, 1.165) is 27.5 Å². The van der Waals surface area contributed by atoms with Gasteiger partial charge < -0.3 is 10.3 Å². The molecule has 3 heteroatoms. The van der Waals surface area contributed by atoms with Crippen LogP contribution in [-0.4, -0.2) is 12.0 Å². The highest BCUT2D eigenvalue weighted by molar-refractivity contribution is 6.30. The van der Waals surface area contributed by atoms with Crippen LogP contribution in [-0.2, 0) is 0 Å². The first-order chi connectivity index (χ1) is 8.76. The van der Waals surface area contributed by atoms with E-state index in [1.165, 1.54) is 5.39 Å². The number of anilines is 1. The van der Waals surface area contributed by atoms with Gasteiger partial charge in [0.05, 0.1) is 0 Å². The molecule has 1 heterocycles. The molecule has 3 rings (SSSR count). The number of H-pyrrole nitrogens is 1. The maximum absolute atomic E-state index is 5.90. The monoisotopic (exact) mass is 256 g/mol. The smallest absolute Gasteiger partial charge is 0.0464 e. The summed E-state index contributed by atoms with van der Waals surface area (Å²) in [5.41, 5.74) is 4.50. The number of rotatable bonds is 2. The van der Waals surface area contributed by atoms with Gasteiger partial charge in [-0.1, -0.05) is 23.7 Å². The molecule has 18 heavy (non-hydrogen) atoms. The average Bonchev–Trinajstić information content (AvgIpc) is 2.82. The number of fused-ring (bicyclic) bond motifs is 1. The van der Waals surface area contributed by atoms with Crippen molar-refractivity contribution in [3.05, 3.63) is 53.6 Å². The lowest BCUT2D eigenvalue weighted by Gasteiger charge is -1.97. The van der Waals surface area contributed by atoms with Gasteiger partial charge in [-0.05, 0) is 42.0 Å². The van der Waals surface area contributed by atoms with E-state index in [1.807, 2.05) is 31.3 Å². The topological polar surface area (TPSA) is 27.8 Å². The van der Waals surface area contributed by atoms with E-state index >= 15 is 0 Å². The van der Waals surface area contributed by atoms with Crippen molar-refractivity contribution in [1.29, 1.82) is 0 Å². The molecule has 0 bridgehead atoms. The Morgan fingerprint density at radius 2 is 1.78 bits per heavy atom. The first-order valence-electron chi connectivity index (χ1n) is 5.83. The van der Waals surface area contributed by atoms with Crippen molar-refractivity contribution in [2.75, 3.05) is 12.4 Å². The van der Waals surface area contributed by atoms with E-state index in [2.05, 4.69) is 34.6 Å². The summed E-state index contributed by atoms with van der Waals surface area (Å²) in [6.07, 6.45) is 0. The highest BCUT2D eigenvalue weighted by Gasteiger charge is 2.03. The van der Waals surface area contributed by atoms with Gasteiger partial charge in [0, 0.05) is 34.4 Å². The summed E-state index contributed by atoms with van der Waals surface area (Å²) in [7, 11) is 1.92. The van der Waals surface area contributed by atoms with Crippen molar-refractivity contribution < 1.29 is 0 Å². The van der Waals surface area contributed by atoms with E-state index in [-0.39, 0.29) is 0 Å². The molecule has 0 fully saturated rings. The van der Waals surface area contributed by atoms with E-state index in [4.69, 9.17) is 11.6 Å². The van der Waals surface area contributed by atoms with Crippen LogP contribution in [0.15, 0.2) is 48.5 Å². The van der Waals surface area contributed by atoms with Crippen molar-refractivity contribution in [1.82, 2.24) is 4.98 Å². The van der Waals surface area contributed by atoms with Crippen LogP contribution in [0.2, 0.25) is 5.02 Å². The lowest BCUT2D eigenvalue weighted by molar-refractivity contribution is 1.45. The summed E-state index contributed by atoms with van der Waals surface area (Å²) in [5.74, 6) is 0. The second kappa shape index (κ2) is 4.39. The predicted molar refractivity (Wildman–Crippen MR) is 78.3 cm³/mol. The molecular formula is C15H13ClN2. The van der Waals surface area contributed by atoms with E-state index in [0.29, 0.717) is 0 Å². The van der Waals surface area contributed by atoms with Crippen molar-refractivity contribution >= 4 is 28.2 Å². The van der Waals surface area contributed by atoms with Crippen molar-refractivity contribution in [2.45, 2.75) is 0 Å². The molecule has 2 aromatic carbocycles. The largest absolute Gasteiger partial charge is 0.388 e. The number of hydrogen-bond acceptors (Lipinski definition) is 1. The molecule has 0 radical (unpaired) electrons. The van der Waals surface area contributed by atoms with Crippen molar-refractivity contribution in [3.63, 3.8) is 0 Å². The van der Waals surface area contributed by atoms with Crippen molar-refractivity contribution in [3.8, 4) is 11.3 Å². The normalized spacial score (nSPS) is 10.8. The first kappa shape index (κ1) is 11.2. The van der Waals surface area contributed by atoms with Crippen LogP contribution in [0.1, 0.15) is 0 Å². The summed E-state index contributed by atoms with van der Waals surface area (Å²) in [6, 6.07) is 16.3. The minimum Gasteiger partial charge on any atom is -0.388 e. The van der Waals surface area contributed by atoms with Gasteiger partial charge in [0.25, 0.3) is 0 Å². The fourth-order valence-corrected chi connectivity index (χ4v) is 2.20. The third kappa shape index (κ3) is 1.95. The number of halogens is 1. The second-order valence-electron chi connectivity index (χ2n) is 4.24. The Kier molecular flexibility index (Phi) is 2.73. The Balaban J connectivity index is 2.10. The molecule has 2 nitrogen and oxygen atoms in total. The Labute approximate surface area is 111 Å². The van der Waals surface area contributed by atoms with Crippen LogP contribution < -0.4 is 5.32 Å². The Morgan fingerprint density at radius 3 is 2.50 bits per heavy atom. The summed E-state index contributed by atoms with van der Waals surface area (Å²) < 4.78 is 0. The van der Waals surface area contributed by atoms with Crippen LogP contribution in [0.4, 0.5) is 5.69 Å². The molecule has 0 saturated heterocycles. The van der Waals surface area contributed by atoms with Gasteiger partial charge in [0.2, 0.25) is 0 Å². The molecule has 0 spiro atoms. The lowest BCUT2D eigenvalue weighted by Crippen LogP contribution is -1.85. The molecule has 0 unspecified atom stereocenters. The summed E-state index contributed by atoms with van der Waals surface area (Å²) in [5, 5.41) is 5.10. The van der Waals surface area contributed by atoms with Gasteiger partial charge in [-0.25, -0.2) is 0 Å². The molecule has 0 saturated carbocycles. The molecule has 2 N–H and O–H groups in total. The zero-order valence-electron chi connectivity index (χ0n) is 10.00. The Hall–Kier alpha value is -1.93. The number of aromatic nitrogens is 1. The minimum absolute atomic E-state index is 0.757. The lowest BCUT2D eigenvalue weighted by atomic mass is 10.1. The zero-order chi connectivity index (χ0) is 12.5. The second-order valence-corrected chi connectivity index (χ2v) is 4.68. The van der Waals surface area contributed by atoms with E-state index in [9.17, 15) is 0 Å². The van der Waals surface area contributed by atoms with Crippen LogP contribution >= 0.6 is 11.6 Å². The molecule has 0 aliphatic heterocycles. The van der Waals surface area contributed by atoms with Gasteiger partial charge in [0.1, 0.15) is 0 Å². The molecule has 1 aromatic heterocycles. The Bertz CT molecular complexity index is 683. The van der Waals surface area contributed by atoms with Crippen LogP contribution in [0.25, 0.3) is 22.2 Å². The summed E-state index contributed by atoms with van der Waals surface area (Å²) in [6.45, 7) is 0. The third-order valence-corrected chi connectivity index (χ3v) is 3.32. The molecule has 3 aromatic rings. The number of nitrogens with one attached hydrogen (secondary N) is 2. The molecular weight excluding hydrogens is 244 g/mol. The van der Waals surface area contributed by atoms with Crippen LogP contribution in [0.5, 0.6) is 0 Å². The maximum Gasteiger partial charge on any atom is 0.0464 e. The SMILES string of the molecule is CNc1ccc2[nH]c(-c3ccc(Cl)cc3)cc2c1. The fraction of sp³-hybridized carbons (Fsp3) is 0.0667. The summed E-state index contributed by atoms with van der Waals surface area (Å²) in [4.78, 5) is 3.41. The predicted octanol–water partition coefficient (Wildman–Crippen LogP) is 4.53. The number of benzene rings is 2. The number of aromatic amines is 1. The van der Waals surface area contributed by atoms with E-state index < -0.39 is 0 Å². The standard InChI is InChI=1S/C15H13ClN2/c1-17-13-6-7-14-11(8-13)9-15(18-14)10-2-4-12(16)5-3-10/h2-9,17-18H,1H3. The fourth-order valence-electron chi connectivity index (χ4n) is 2.07. The molecule has 90 valence electrons. The molecule has 0 aliphatic carbocycles. The highest BCUT2D eigenvalue weighted by Crippen LogP contribution is 2.26. The van der Waals surface area contributed by atoms with Gasteiger partial charge >= 0.3 is 0 Å². The first-order valence-corrected chi connectivity index (χ1v) is 6.20. The Morgan fingerprint density at radius 1 is 1.00 bits per heavy atom. The molecule has 0 aliphatic rings. The van der Waals surface area contributed by atoms with Gasteiger partial charge in [-0.3, -0.25) is 0 Å².